The summed E-state index contributed by atoms with van der Waals surface area (Å²) in [6.07, 6.45) is 22.2. The quantitative estimate of drug-likeness (QED) is 0.173. The fraction of sp³-hybridized carbons (Fsp3) is 0.750. The summed E-state index contributed by atoms with van der Waals surface area (Å²) < 4.78 is 5.52. The first-order valence-corrected chi connectivity index (χ1v) is 12.9. The maximum atomic E-state index is 11.8. The van der Waals surface area contributed by atoms with Crippen LogP contribution in [0.2, 0.25) is 0 Å². The summed E-state index contributed by atoms with van der Waals surface area (Å²) >= 11 is 0. The number of unbranched alkanes of at least 4 members (excludes halogenated alkanes) is 6. The Morgan fingerprint density at radius 3 is 2.27 bits per heavy atom. The van der Waals surface area contributed by atoms with Crippen LogP contribution in [0.4, 0.5) is 0 Å². The molecule has 0 radical (unpaired) electrons. The van der Waals surface area contributed by atoms with Crippen LogP contribution in [0.3, 0.4) is 0 Å². The molecule has 1 aromatic rings. The zero-order valence-electron chi connectivity index (χ0n) is 20.1. The molecule has 0 N–H and O–H groups in total. The molecule has 0 aliphatic heterocycles. The van der Waals surface area contributed by atoms with Gasteiger partial charge in [0.05, 0.1) is 0 Å². The Balaban J connectivity index is 1.84. The molecule has 2 heteroatoms. The van der Waals surface area contributed by atoms with E-state index in [2.05, 4.69) is 26.0 Å². The molecule has 1 aromatic carbocycles. The Morgan fingerprint density at radius 2 is 1.60 bits per heavy atom. The minimum atomic E-state index is -0.121. The normalized spacial score (nSPS) is 15.8. The van der Waals surface area contributed by atoms with Crippen LogP contribution in [0, 0.1) is 12.3 Å². The first-order valence-electron chi connectivity index (χ1n) is 12.9. The van der Waals surface area contributed by atoms with Crippen LogP contribution in [0.25, 0.3) is 0 Å². The number of hydrogen-bond acceptors (Lipinski definition) is 2. The van der Waals surface area contributed by atoms with Gasteiger partial charge in [-0.1, -0.05) is 90.2 Å². The highest BCUT2D eigenvalue weighted by atomic mass is 16.5. The van der Waals surface area contributed by atoms with Gasteiger partial charge in [0, 0.05) is 6.42 Å². The van der Waals surface area contributed by atoms with Crippen molar-refractivity contribution in [3.8, 4) is 5.75 Å². The molecule has 0 unspecified atom stereocenters. The Kier molecular flexibility index (Phi) is 11.6. The molecule has 0 heterocycles. The Labute approximate surface area is 186 Å². The van der Waals surface area contributed by atoms with Crippen molar-refractivity contribution in [3.05, 3.63) is 29.3 Å². The van der Waals surface area contributed by atoms with Crippen LogP contribution < -0.4 is 4.74 Å². The summed E-state index contributed by atoms with van der Waals surface area (Å²) in [5, 5.41) is 0. The zero-order chi connectivity index (χ0) is 21.7. The molecule has 0 amide bonds. The van der Waals surface area contributed by atoms with Gasteiger partial charge in [-0.2, -0.15) is 0 Å². The van der Waals surface area contributed by atoms with E-state index in [9.17, 15) is 4.79 Å². The fourth-order valence-electron chi connectivity index (χ4n) is 5.15. The zero-order valence-corrected chi connectivity index (χ0v) is 20.1. The van der Waals surface area contributed by atoms with Gasteiger partial charge in [0.25, 0.3) is 0 Å². The van der Waals surface area contributed by atoms with Crippen molar-refractivity contribution in [2.75, 3.05) is 0 Å². The molecule has 0 bridgehead atoms. The van der Waals surface area contributed by atoms with E-state index in [1.165, 1.54) is 95.5 Å². The summed E-state index contributed by atoms with van der Waals surface area (Å²) in [7, 11) is 0. The summed E-state index contributed by atoms with van der Waals surface area (Å²) in [4.78, 5) is 11.8. The summed E-state index contributed by atoms with van der Waals surface area (Å²) in [6.45, 7) is 6.36. The topological polar surface area (TPSA) is 26.3 Å². The predicted molar refractivity (Wildman–Crippen MR) is 128 cm³/mol. The molecule has 1 fully saturated rings. The molecule has 1 saturated carbocycles. The lowest BCUT2D eigenvalue weighted by molar-refractivity contribution is -0.134. The maximum absolute atomic E-state index is 11.8. The van der Waals surface area contributed by atoms with Crippen molar-refractivity contribution in [1.82, 2.24) is 0 Å². The molecule has 0 atom stereocenters. The van der Waals surface area contributed by atoms with Gasteiger partial charge in [0.15, 0.2) is 0 Å². The van der Waals surface area contributed by atoms with Crippen LogP contribution >= 0.6 is 0 Å². The number of ether oxygens (including phenoxy) is 1. The minimum Gasteiger partial charge on any atom is -0.426 e. The minimum absolute atomic E-state index is 0.121. The fourth-order valence-corrected chi connectivity index (χ4v) is 5.15. The molecule has 1 aliphatic carbocycles. The monoisotopic (exact) mass is 414 g/mol. The summed E-state index contributed by atoms with van der Waals surface area (Å²) in [6, 6.07) is 6.41. The van der Waals surface area contributed by atoms with Crippen LogP contribution in [0.1, 0.15) is 128 Å². The lowest BCUT2D eigenvalue weighted by Crippen LogP contribution is -2.25. The molecule has 2 nitrogen and oxygen atoms in total. The third kappa shape index (κ3) is 8.82. The number of carbonyl (C=O) groups excluding carboxylic acids is 1. The van der Waals surface area contributed by atoms with Crippen LogP contribution in [-0.2, 0) is 11.2 Å². The number of carbonyl (C=O) groups is 1. The van der Waals surface area contributed by atoms with E-state index in [1.54, 1.807) is 0 Å². The molecular formula is C28H46O2. The van der Waals surface area contributed by atoms with Crippen molar-refractivity contribution >= 4 is 5.97 Å². The number of benzene rings is 1. The van der Waals surface area contributed by atoms with Crippen LogP contribution in [0.5, 0.6) is 5.75 Å². The number of rotatable bonds is 14. The Morgan fingerprint density at radius 1 is 0.900 bits per heavy atom. The third-order valence-corrected chi connectivity index (χ3v) is 7.09. The second kappa shape index (κ2) is 13.9. The van der Waals surface area contributed by atoms with Gasteiger partial charge in [-0.3, -0.25) is 4.79 Å². The van der Waals surface area contributed by atoms with E-state index in [0.717, 1.165) is 24.2 Å². The van der Waals surface area contributed by atoms with Gasteiger partial charge in [0.2, 0.25) is 0 Å². The molecule has 0 aromatic heterocycles. The summed E-state index contributed by atoms with van der Waals surface area (Å²) in [5.74, 6) is 0.608. The van der Waals surface area contributed by atoms with Gasteiger partial charge in [-0.15, -0.1) is 0 Å². The van der Waals surface area contributed by atoms with Gasteiger partial charge in [0.1, 0.15) is 5.75 Å². The van der Waals surface area contributed by atoms with E-state index in [1.807, 2.05) is 13.0 Å². The third-order valence-electron chi connectivity index (χ3n) is 7.09. The van der Waals surface area contributed by atoms with Gasteiger partial charge in [-0.25, -0.2) is 0 Å². The number of hydrogen-bond donors (Lipinski definition) is 0. The van der Waals surface area contributed by atoms with E-state index in [-0.39, 0.29) is 5.97 Å². The van der Waals surface area contributed by atoms with Gasteiger partial charge < -0.3 is 4.74 Å². The average Bonchev–Trinajstić information content (AvgIpc) is 2.74. The van der Waals surface area contributed by atoms with Crippen molar-refractivity contribution in [3.63, 3.8) is 0 Å². The van der Waals surface area contributed by atoms with Gasteiger partial charge in [-0.05, 0) is 68.1 Å². The molecule has 170 valence electrons. The largest absolute Gasteiger partial charge is 0.426 e. The Hall–Kier alpha value is -1.31. The highest BCUT2D eigenvalue weighted by molar-refractivity contribution is 5.72. The van der Waals surface area contributed by atoms with Gasteiger partial charge >= 0.3 is 5.97 Å². The second-order valence-electron chi connectivity index (χ2n) is 9.76. The first-order chi connectivity index (χ1) is 14.6. The lowest BCUT2D eigenvalue weighted by Gasteiger charge is -2.38. The molecule has 1 aliphatic rings. The van der Waals surface area contributed by atoms with E-state index in [4.69, 9.17) is 4.74 Å². The predicted octanol–water partition coefficient (Wildman–Crippen LogP) is 8.72. The van der Waals surface area contributed by atoms with Crippen molar-refractivity contribution in [1.29, 1.82) is 0 Å². The highest BCUT2D eigenvalue weighted by Crippen LogP contribution is 2.44. The highest BCUT2D eigenvalue weighted by Gasteiger charge is 2.31. The molecule has 0 saturated heterocycles. The molecule has 2 rings (SSSR count). The van der Waals surface area contributed by atoms with Crippen molar-refractivity contribution in [2.24, 2.45) is 5.41 Å². The number of aryl methyl sites for hydroxylation is 2. The maximum Gasteiger partial charge on any atom is 0.311 e. The Bertz CT molecular complexity index is 613. The standard InChI is InChI=1S/C28H46O2/c1-4-6-7-8-9-10-12-19-28(20-13-11-14-21-28)22-18-25-16-17-26(24(3)23-25)30-27(29)15-5-2/h16-17,23H,4-15,18-22H2,1-3H3. The first kappa shape index (κ1) is 25.0. The smallest absolute Gasteiger partial charge is 0.311 e. The van der Waals surface area contributed by atoms with E-state index in [0.29, 0.717) is 11.8 Å². The van der Waals surface area contributed by atoms with Crippen LogP contribution in [0.15, 0.2) is 18.2 Å². The van der Waals surface area contributed by atoms with E-state index >= 15 is 0 Å². The second-order valence-corrected chi connectivity index (χ2v) is 9.76. The average molecular weight is 415 g/mol. The van der Waals surface area contributed by atoms with Crippen molar-refractivity contribution < 1.29 is 9.53 Å². The molecule has 0 spiro atoms. The summed E-state index contributed by atoms with van der Waals surface area (Å²) in [5.41, 5.74) is 3.05. The van der Waals surface area contributed by atoms with Crippen molar-refractivity contribution in [2.45, 2.75) is 130 Å². The van der Waals surface area contributed by atoms with E-state index < -0.39 is 0 Å². The molecule has 30 heavy (non-hydrogen) atoms. The molecular weight excluding hydrogens is 368 g/mol. The van der Waals surface area contributed by atoms with Crippen LogP contribution in [-0.4, -0.2) is 5.97 Å². The number of esters is 1. The lowest BCUT2D eigenvalue weighted by atomic mass is 9.68. The SMILES string of the molecule is CCCCCCCCCC1(CCc2ccc(OC(=O)CCC)c(C)c2)CCCCC1.